The van der Waals surface area contributed by atoms with Crippen molar-refractivity contribution in [2.24, 2.45) is 23.7 Å². The second-order valence-corrected chi connectivity index (χ2v) is 35.1. The largest absolute Gasteiger partial charge is 0.133 e. The van der Waals surface area contributed by atoms with Crippen molar-refractivity contribution in [2.75, 3.05) is 0 Å². The second kappa shape index (κ2) is 34.2. The van der Waals surface area contributed by atoms with Crippen molar-refractivity contribution in [3.63, 3.8) is 0 Å². The third-order valence-corrected chi connectivity index (χ3v) is 28.9. The molecule has 13 rings (SSSR count). The fourth-order valence-electron chi connectivity index (χ4n) is 17.9. The van der Waals surface area contributed by atoms with Gasteiger partial charge in [-0.2, -0.15) is 0 Å². The number of thiophene rings is 4. The summed E-state index contributed by atoms with van der Waals surface area (Å²) in [6.45, 7) is 19.2. The first-order chi connectivity index (χ1) is 48.3. The first-order valence-corrected chi connectivity index (χ1v) is 43.8. The molecule has 13 aromatic rings. The molecule has 4 atom stereocenters. The number of fused-ring (bicyclic) bond motifs is 20. The molecule has 9 aromatic carbocycles. The summed E-state index contributed by atoms with van der Waals surface area (Å²) in [4.78, 5) is 0. The van der Waals surface area contributed by atoms with Gasteiger partial charge in [-0.05, 0) is 151 Å². The average Bonchev–Trinajstić information content (AvgIpc) is 1.53. The average molecular weight is 1380 g/mol. The Labute approximate surface area is 606 Å². The number of hydrogen-bond acceptors (Lipinski definition) is 4. The van der Waals surface area contributed by atoms with Gasteiger partial charge >= 0.3 is 0 Å². The minimum absolute atomic E-state index is 0.683. The molecule has 0 spiro atoms. The van der Waals surface area contributed by atoms with Gasteiger partial charge in [-0.25, -0.2) is 0 Å². The van der Waals surface area contributed by atoms with E-state index in [1.165, 1.54) is 292 Å². The molecule has 4 heteroatoms. The maximum absolute atomic E-state index is 2.80. The molecule has 0 aliphatic carbocycles. The Hall–Kier alpha value is -5.10. The van der Waals surface area contributed by atoms with Gasteiger partial charge < -0.3 is 0 Å². The van der Waals surface area contributed by atoms with E-state index in [-0.39, 0.29) is 0 Å². The Balaban J connectivity index is 1.07. The summed E-state index contributed by atoms with van der Waals surface area (Å²) < 4.78 is 12.5. The first-order valence-electron chi connectivity index (χ1n) is 40.5. The van der Waals surface area contributed by atoms with Gasteiger partial charge in [-0.1, -0.05) is 334 Å². The zero-order valence-electron chi connectivity index (χ0n) is 61.8. The maximum atomic E-state index is 2.80. The topological polar surface area (TPSA) is 0 Å². The van der Waals surface area contributed by atoms with Crippen molar-refractivity contribution < 1.29 is 0 Å². The highest BCUT2D eigenvalue weighted by Gasteiger charge is 2.28. The molecule has 98 heavy (non-hydrogen) atoms. The number of rotatable bonds is 40. The Kier molecular flexibility index (Phi) is 24.9. The van der Waals surface area contributed by atoms with E-state index in [1.54, 1.807) is 72.0 Å². The van der Waals surface area contributed by atoms with Crippen LogP contribution in [0, 0.1) is 23.7 Å². The summed E-state index contributed by atoms with van der Waals surface area (Å²) in [5.74, 6) is 2.74. The number of hydrogen-bond donors (Lipinski definition) is 0. The second-order valence-electron chi connectivity index (χ2n) is 31.0. The van der Waals surface area contributed by atoms with Crippen molar-refractivity contribution in [2.45, 2.75) is 287 Å². The smallest absolute Gasteiger partial charge is 0.0545 e. The van der Waals surface area contributed by atoms with Crippen LogP contribution in [-0.4, -0.2) is 0 Å². The predicted molar refractivity (Wildman–Crippen MR) is 450 cm³/mol. The van der Waals surface area contributed by atoms with Gasteiger partial charge in [0.25, 0.3) is 0 Å². The molecule has 0 bridgehead atoms. The normalized spacial score (nSPS) is 13.8. The van der Waals surface area contributed by atoms with Crippen molar-refractivity contribution in [1.29, 1.82) is 0 Å². The molecule has 0 radical (unpaired) electrons. The van der Waals surface area contributed by atoms with Gasteiger partial charge in [0.1, 0.15) is 0 Å². The summed E-state index contributed by atoms with van der Waals surface area (Å²) >= 11 is 8.72. The lowest BCUT2D eigenvalue weighted by Gasteiger charge is -2.20. The summed E-state index contributed by atoms with van der Waals surface area (Å²) in [5, 5.41) is 23.5. The van der Waals surface area contributed by atoms with E-state index in [1.807, 2.05) is 0 Å². The SMILES string of the molecule is CCCCCCCCC(CCCCCC)Cc1cc2cc3c(cc(CC(CCCCCC)CCCCCCCC)c4c3sc3c4sc4c5cc6ccccc6cc5cc(CC(CC)CCCC)c43)cc2c2sc3c(sc4c5cc6ccccc6cc5cc(CC(CC)CCCC)c43)c12. The van der Waals surface area contributed by atoms with Crippen molar-refractivity contribution in [3.05, 3.63) is 131 Å². The molecule has 4 unspecified atom stereocenters. The van der Waals surface area contributed by atoms with Crippen molar-refractivity contribution in [1.82, 2.24) is 0 Å². The fourth-order valence-corrected chi connectivity index (χ4v) is 24.0. The lowest BCUT2D eigenvalue weighted by molar-refractivity contribution is 0.403. The highest BCUT2D eigenvalue weighted by molar-refractivity contribution is 7.38. The van der Waals surface area contributed by atoms with Crippen LogP contribution in [-0.2, 0) is 25.7 Å². The van der Waals surface area contributed by atoms with E-state index in [9.17, 15) is 0 Å². The van der Waals surface area contributed by atoms with Gasteiger partial charge in [0, 0.05) is 61.9 Å². The van der Waals surface area contributed by atoms with E-state index < -0.39 is 0 Å². The molecule has 0 N–H and O–H groups in total. The highest BCUT2D eigenvalue weighted by Crippen LogP contribution is 2.55. The third-order valence-electron chi connectivity index (χ3n) is 23.7. The summed E-state index contributed by atoms with van der Waals surface area (Å²) in [6, 6.07) is 44.9. The molecule has 0 nitrogen and oxygen atoms in total. The van der Waals surface area contributed by atoms with Crippen molar-refractivity contribution >= 4 is 169 Å². The molecule has 0 aliphatic heterocycles. The number of benzene rings is 9. The highest BCUT2D eigenvalue weighted by atomic mass is 32.1. The molecule has 0 aliphatic rings. The standard InChI is InChI=1S/C94H118S4/c1-9-17-23-27-29-33-43-65(41-31-25-19-11-3)51-77-57-73-61-82-74(62-81(73)89-85(77)93-91(97-89)83-75(49-63(15-7)39-21-13-5)55-71-53-67-45-35-37-47-69(67)59-79(71)87(83)95-93)58-78(52-66(42-32-26-20-12-4)44-34-30-28-24-18-10-2)86-90(82)98-92-84-76(50-64(16-8)40-22-14-6)56-72-54-68-46-36-38-48-70(68)60-80(72)88(84)96-94(86)92/h35-38,45-48,53-66H,9-34,39-44,49-52H2,1-8H3. The minimum Gasteiger partial charge on any atom is -0.133 e. The van der Waals surface area contributed by atoms with E-state index >= 15 is 0 Å². The summed E-state index contributed by atoms with van der Waals surface area (Å²) in [7, 11) is 0. The third kappa shape index (κ3) is 15.6. The Morgan fingerprint density at radius 2 is 0.459 bits per heavy atom. The molecule has 4 aromatic heterocycles. The van der Waals surface area contributed by atoms with E-state index in [4.69, 9.17) is 0 Å². The van der Waals surface area contributed by atoms with Crippen LogP contribution in [0.3, 0.4) is 0 Å². The number of unbranched alkanes of at least 4 members (excludes halogenated alkanes) is 18. The van der Waals surface area contributed by atoms with Crippen LogP contribution in [0.4, 0.5) is 0 Å². The Morgan fingerprint density at radius 3 is 0.755 bits per heavy atom. The summed E-state index contributed by atoms with van der Waals surface area (Å²) in [6.07, 6.45) is 47.4. The predicted octanol–water partition coefficient (Wildman–Crippen LogP) is 33.0. The lowest BCUT2D eigenvalue weighted by Crippen LogP contribution is -2.06. The fraction of sp³-hybridized carbons (Fsp3) is 0.511. The Morgan fingerprint density at radius 1 is 0.224 bits per heavy atom. The van der Waals surface area contributed by atoms with Crippen molar-refractivity contribution in [3.8, 4) is 0 Å². The maximum Gasteiger partial charge on any atom is 0.0545 e. The molecule has 0 saturated heterocycles. The van der Waals surface area contributed by atoms with E-state index in [2.05, 4.69) is 210 Å². The molecule has 0 saturated carbocycles. The van der Waals surface area contributed by atoms with Crippen LogP contribution in [0.25, 0.3) is 124 Å². The van der Waals surface area contributed by atoms with Gasteiger partial charge in [-0.15, -0.1) is 45.3 Å². The molecule has 4 heterocycles. The monoisotopic (exact) mass is 1370 g/mol. The van der Waals surface area contributed by atoms with Crippen LogP contribution < -0.4 is 0 Å². The van der Waals surface area contributed by atoms with Gasteiger partial charge in [-0.3, -0.25) is 0 Å². The zero-order chi connectivity index (χ0) is 67.5. The van der Waals surface area contributed by atoms with E-state index in [0.717, 1.165) is 12.8 Å². The quantitative estimate of drug-likeness (QED) is 0.0265. The Bertz CT molecular complexity index is 4500. The molecular formula is C94H118S4. The molecule has 0 amide bonds. The van der Waals surface area contributed by atoms with Gasteiger partial charge in [0.15, 0.2) is 0 Å². The van der Waals surface area contributed by atoms with Gasteiger partial charge in [0.2, 0.25) is 0 Å². The van der Waals surface area contributed by atoms with Crippen LogP contribution in [0.1, 0.15) is 283 Å². The zero-order valence-corrected chi connectivity index (χ0v) is 65.1. The van der Waals surface area contributed by atoms with Crippen LogP contribution in [0.5, 0.6) is 0 Å². The van der Waals surface area contributed by atoms with Crippen LogP contribution in [0.2, 0.25) is 0 Å². The van der Waals surface area contributed by atoms with Crippen LogP contribution in [0.15, 0.2) is 109 Å². The van der Waals surface area contributed by atoms with Crippen LogP contribution >= 0.6 is 45.3 Å². The molecular weight excluding hydrogens is 1260 g/mol. The molecule has 518 valence electrons. The minimum atomic E-state index is 0.683. The first kappa shape index (κ1) is 71.3. The molecule has 0 fully saturated rings. The van der Waals surface area contributed by atoms with Gasteiger partial charge in [0.05, 0.1) is 18.8 Å². The van der Waals surface area contributed by atoms with E-state index in [0.29, 0.717) is 23.7 Å². The lowest BCUT2D eigenvalue weighted by atomic mass is 9.85. The summed E-state index contributed by atoms with van der Waals surface area (Å²) in [5.41, 5.74) is 6.45.